The van der Waals surface area contributed by atoms with E-state index in [2.05, 4.69) is 22.6 Å². The lowest BCUT2D eigenvalue weighted by Crippen LogP contribution is -2.03. The molecule has 1 aromatic heterocycles. The summed E-state index contributed by atoms with van der Waals surface area (Å²) in [7, 11) is 0. The number of halogens is 3. The average molecular weight is 350 g/mol. The Hall–Kier alpha value is -0.820. The lowest BCUT2D eigenvalue weighted by molar-refractivity contribution is 0.103. The maximum atomic E-state index is 13.3. The number of carbonyl (C=O) groups excluding carboxylic acids is 1. The molecule has 0 bridgehead atoms. The Morgan fingerprint density at radius 2 is 2.00 bits per heavy atom. The van der Waals surface area contributed by atoms with Crippen LogP contribution in [0, 0.1) is 14.5 Å². The molecule has 0 aliphatic rings. The molecule has 0 N–H and O–H groups in total. The summed E-state index contributed by atoms with van der Waals surface area (Å²) >= 11 is 3.45. The third kappa shape index (κ3) is 2.30. The zero-order valence-electron chi connectivity index (χ0n) is 7.84. The van der Waals surface area contributed by atoms with E-state index in [1.807, 2.05) is 0 Å². The normalized spacial score (nSPS) is 10.4. The standard InChI is InChI=1S/C11H5F2IOS/c12-7-1-2-9(13)8(4-7)11(15)6-3-10(14)16-5-6/h1-5H. The van der Waals surface area contributed by atoms with Gasteiger partial charge in [0.1, 0.15) is 11.6 Å². The van der Waals surface area contributed by atoms with E-state index in [9.17, 15) is 13.6 Å². The van der Waals surface area contributed by atoms with Crippen LogP contribution in [0.2, 0.25) is 0 Å². The lowest BCUT2D eigenvalue weighted by atomic mass is 10.1. The molecule has 0 saturated carbocycles. The minimum Gasteiger partial charge on any atom is -0.288 e. The van der Waals surface area contributed by atoms with Crippen molar-refractivity contribution in [2.75, 3.05) is 0 Å². The largest absolute Gasteiger partial charge is 0.288 e. The minimum atomic E-state index is -0.701. The molecule has 2 rings (SSSR count). The monoisotopic (exact) mass is 350 g/mol. The van der Waals surface area contributed by atoms with Crippen molar-refractivity contribution in [2.24, 2.45) is 0 Å². The highest BCUT2D eigenvalue weighted by atomic mass is 127. The van der Waals surface area contributed by atoms with Crippen LogP contribution in [0.15, 0.2) is 29.6 Å². The predicted molar refractivity (Wildman–Crippen MR) is 66.8 cm³/mol. The molecule has 16 heavy (non-hydrogen) atoms. The van der Waals surface area contributed by atoms with Gasteiger partial charge in [0.2, 0.25) is 0 Å². The summed E-state index contributed by atoms with van der Waals surface area (Å²) in [5.74, 6) is -1.81. The van der Waals surface area contributed by atoms with E-state index in [4.69, 9.17) is 0 Å². The maximum absolute atomic E-state index is 13.3. The van der Waals surface area contributed by atoms with Crippen LogP contribution in [-0.4, -0.2) is 5.78 Å². The fourth-order valence-corrected chi connectivity index (χ4v) is 2.58. The van der Waals surface area contributed by atoms with Gasteiger partial charge in [0, 0.05) is 10.9 Å². The number of hydrogen-bond acceptors (Lipinski definition) is 2. The van der Waals surface area contributed by atoms with E-state index in [0.29, 0.717) is 5.56 Å². The van der Waals surface area contributed by atoms with E-state index in [1.165, 1.54) is 11.3 Å². The molecule has 1 heterocycles. The van der Waals surface area contributed by atoms with Crippen LogP contribution < -0.4 is 0 Å². The first kappa shape index (κ1) is 11.7. The Morgan fingerprint density at radius 3 is 2.62 bits per heavy atom. The van der Waals surface area contributed by atoms with Crippen molar-refractivity contribution < 1.29 is 13.6 Å². The third-order valence-corrected chi connectivity index (χ3v) is 3.79. The van der Waals surface area contributed by atoms with Crippen LogP contribution in [0.4, 0.5) is 8.78 Å². The van der Waals surface area contributed by atoms with Gasteiger partial charge in [-0.05, 0) is 46.9 Å². The van der Waals surface area contributed by atoms with Crippen LogP contribution in [0.25, 0.3) is 0 Å². The van der Waals surface area contributed by atoms with Gasteiger partial charge in [-0.2, -0.15) is 0 Å². The molecular formula is C11H5F2IOS. The smallest absolute Gasteiger partial charge is 0.196 e. The van der Waals surface area contributed by atoms with Crippen LogP contribution in [0.1, 0.15) is 15.9 Å². The minimum absolute atomic E-state index is 0.228. The summed E-state index contributed by atoms with van der Waals surface area (Å²) in [5.41, 5.74) is 0.160. The molecule has 1 nitrogen and oxygen atoms in total. The van der Waals surface area contributed by atoms with Crippen LogP contribution >= 0.6 is 33.9 Å². The second-order valence-electron chi connectivity index (χ2n) is 3.09. The molecule has 0 aliphatic carbocycles. The van der Waals surface area contributed by atoms with Crippen molar-refractivity contribution in [1.82, 2.24) is 0 Å². The number of hydrogen-bond donors (Lipinski definition) is 0. The number of rotatable bonds is 2. The predicted octanol–water partition coefficient (Wildman–Crippen LogP) is 3.86. The Bertz CT molecular complexity index is 551. The fourth-order valence-electron chi connectivity index (χ4n) is 1.26. The molecule has 1 aromatic carbocycles. The topological polar surface area (TPSA) is 17.1 Å². The second-order valence-corrected chi connectivity index (χ2v) is 5.90. The number of carbonyl (C=O) groups is 1. The van der Waals surface area contributed by atoms with E-state index >= 15 is 0 Å². The Kier molecular flexibility index (Phi) is 3.34. The summed E-state index contributed by atoms with van der Waals surface area (Å²) in [6.07, 6.45) is 0. The molecule has 0 amide bonds. The van der Waals surface area contributed by atoms with Crippen molar-refractivity contribution in [3.63, 3.8) is 0 Å². The summed E-state index contributed by atoms with van der Waals surface area (Å²) in [6.45, 7) is 0. The Balaban J connectivity index is 2.45. The number of thiophene rings is 1. The highest BCUT2D eigenvalue weighted by Gasteiger charge is 2.15. The molecule has 0 aliphatic heterocycles. The van der Waals surface area contributed by atoms with Crippen LogP contribution in [-0.2, 0) is 0 Å². The molecule has 0 atom stereocenters. The fraction of sp³-hybridized carbons (Fsp3) is 0. The van der Waals surface area contributed by atoms with Gasteiger partial charge in [-0.15, -0.1) is 11.3 Å². The number of ketones is 1. The van der Waals surface area contributed by atoms with Crippen molar-refractivity contribution in [2.45, 2.75) is 0 Å². The van der Waals surface area contributed by atoms with Gasteiger partial charge in [-0.25, -0.2) is 8.78 Å². The molecular weight excluding hydrogens is 345 g/mol. The van der Waals surface area contributed by atoms with E-state index in [0.717, 1.165) is 21.1 Å². The quantitative estimate of drug-likeness (QED) is 0.594. The molecule has 0 radical (unpaired) electrons. The van der Waals surface area contributed by atoms with E-state index < -0.39 is 17.4 Å². The van der Waals surface area contributed by atoms with E-state index in [-0.39, 0.29) is 5.56 Å². The van der Waals surface area contributed by atoms with Gasteiger partial charge in [-0.1, -0.05) is 0 Å². The van der Waals surface area contributed by atoms with Crippen LogP contribution in [0.5, 0.6) is 0 Å². The average Bonchev–Trinajstić information content (AvgIpc) is 2.67. The summed E-state index contributed by atoms with van der Waals surface area (Å²) in [6, 6.07) is 4.52. The summed E-state index contributed by atoms with van der Waals surface area (Å²) in [4.78, 5) is 11.8. The van der Waals surface area contributed by atoms with Gasteiger partial charge >= 0.3 is 0 Å². The van der Waals surface area contributed by atoms with Gasteiger partial charge in [0.25, 0.3) is 0 Å². The third-order valence-electron chi connectivity index (χ3n) is 2.00. The van der Waals surface area contributed by atoms with E-state index in [1.54, 1.807) is 11.4 Å². The zero-order valence-corrected chi connectivity index (χ0v) is 10.8. The van der Waals surface area contributed by atoms with Crippen molar-refractivity contribution in [1.29, 1.82) is 0 Å². The molecule has 2 aromatic rings. The molecule has 0 unspecified atom stereocenters. The van der Waals surface area contributed by atoms with Crippen molar-refractivity contribution in [3.8, 4) is 0 Å². The lowest BCUT2D eigenvalue weighted by Gasteiger charge is -2.00. The first-order chi connectivity index (χ1) is 7.58. The molecule has 0 spiro atoms. The van der Waals surface area contributed by atoms with Gasteiger partial charge in [0.05, 0.1) is 8.45 Å². The first-order valence-electron chi connectivity index (χ1n) is 4.31. The molecule has 5 heteroatoms. The van der Waals surface area contributed by atoms with Gasteiger partial charge in [0.15, 0.2) is 5.78 Å². The summed E-state index contributed by atoms with van der Waals surface area (Å²) < 4.78 is 27.2. The van der Waals surface area contributed by atoms with Gasteiger partial charge in [-0.3, -0.25) is 4.79 Å². The highest BCUT2D eigenvalue weighted by molar-refractivity contribution is 14.1. The van der Waals surface area contributed by atoms with Crippen molar-refractivity contribution in [3.05, 3.63) is 55.3 Å². The molecule has 82 valence electrons. The maximum Gasteiger partial charge on any atom is 0.196 e. The highest BCUT2D eigenvalue weighted by Crippen LogP contribution is 2.21. The second kappa shape index (κ2) is 4.58. The van der Waals surface area contributed by atoms with Crippen LogP contribution in [0.3, 0.4) is 0 Å². The Morgan fingerprint density at radius 1 is 1.25 bits per heavy atom. The Labute approximate surface area is 108 Å². The molecule has 0 saturated heterocycles. The molecule has 0 fully saturated rings. The van der Waals surface area contributed by atoms with Crippen molar-refractivity contribution >= 4 is 39.7 Å². The van der Waals surface area contributed by atoms with Gasteiger partial charge < -0.3 is 0 Å². The summed E-state index contributed by atoms with van der Waals surface area (Å²) in [5, 5.41) is 1.63. The zero-order chi connectivity index (χ0) is 11.7. The SMILES string of the molecule is O=C(c1csc(I)c1)c1cc(F)ccc1F. The number of benzene rings is 1. The first-order valence-corrected chi connectivity index (χ1v) is 6.27.